The molecule has 0 saturated carbocycles. The van der Waals surface area contributed by atoms with E-state index in [2.05, 4.69) is 9.97 Å². The lowest BCUT2D eigenvalue weighted by molar-refractivity contribution is -0.140. The molecule has 0 spiro atoms. The Morgan fingerprint density at radius 3 is 2.36 bits per heavy atom. The normalized spacial score (nSPS) is 22.2. The number of hydrogen-bond donors (Lipinski definition) is 0. The third-order valence-corrected chi connectivity index (χ3v) is 4.74. The minimum atomic E-state index is -0.372. The van der Waals surface area contributed by atoms with Gasteiger partial charge in [0.05, 0.1) is 24.6 Å². The number of hydrogen-bond acceptors (Lipinski definition) is 5. The smallest absolute Gasteiger partial charge is 0.415 e. The number of likely N-dealkylation sites (tertiary alicyclic amines) is 1. The van der Waals surface area contributed by atoms with Crippen molar-refractivity contribution >= 4 is 17.8 Å². The van der Waals surface area contributed by atoms with Gasteiger partial charge in [0.15, 0.2) is 5.82 Å². The number of carbonyl (C=O) groups is 2. The van der Waals surface area contributed by atoms with Gasteiger partial charge in [0, 0.05) is 24.4 Å². The molecule has 1 atom stereocenters. The van der Waals surface area contributed by atoms with Crippen molar-refractivity contribution in [3.05, 3.63) is 18.1 Å². The summed E-state index contributed by atoms with van der Waals surface area (Å²) >= 11 is 0. The van der Waals surface area contributed by atoms with Gasteiger partial charge in [0.2, 0.25) is 5.91 Å². The fourth-order valence-corrected chi connectivity index (χ4v) is 3.33. The summed E-state index contributed by atoms with van der Waals surface area (Å²) < 4.78 is 5.12. The Morgan fingerprint density at radius 1 is 1.20 bits per heavy atom. The van der Waals surface area contributed by atoms with E-state index in [0.29, 0.717) is 18.3 Å². The quantitative estimate of drug-likeness (QED) is 0.823. The van der Waals surface area contributed by atoms with Crippen molar-refractivity contribution in [2.24, 2.45) is 5.41 Å². The second-order valence-corrected chi connectivity index (χ2v) is 7.92. The van der Waals surface area contributed by atoms with Gasteiger partial charge < -0.3 is 9.64 Å². The second kappa shape index (κ2) is 6.61. The molecule has 0 aliphatic carbocycles. The van der Waals surface area contributed by atoms with Crippen molar-refractivity contribution in [2.75, 3.05) is 24.5 Å². The van der Waals surface area contributed by atoms with E-state index in [9.17, 15) is 9.59 Å². The summed E-state index contributed by atoms with van der Waals surface area (Å²) in [5, 5.41) is 0. The first-order valence-electron chi connectivity index (χ1n) is 8.85. The van der Waals surface area contributed by atoms with Gasteiger partial charge in [-0.1, -0.05) is 20.8 Å². The molecule has 2 saturated heterocycles. The Bertz CT molecular complexity index is 645. The predicted molar refractivity (Wildman–Crippen MR) is 93.3 cm³/mol. The fourth-order valence-electron chi connectivity index (χ4n) is 3.33. The highest BCUT2D eigenvalue weighted by atomic mass is 16.6. The van der Waals surface area contributed by atoms with E-state index in [1.54, 1.807) is 12.4 Å². The highest BCUT2D eigenvalue weighted by molar-refractivity contribution is 5.88. The van der Waals surface area contributed by atoms with Crippen LogP contribution in [-0.2, 0) is 9.53 Å². The van der Waals surface area contributed by atoms with Gasteiger partial charge in [0.25, 0.3) is 0 Å². The molecule has 25 heavy (non-hydrogen) atoms. The van der Waals surface area contributed by atoms with Crippen LogP contribution in [0.4, 0.5) is 10.6 Å². The van der Waals surface area contributed by atoms with Crippen molar-refractivity contribution in [3.8, 4) is 0 Å². The summed E-state index contributed by atoms with van der Waals surface area (Å²) in [6, 6.07) is 0. The number of ether oxygens (including phenoxy) is 1. The molecule has 3 heterocycles. The van der Waals surface area contributed by atoms with E-state index in [0.717, 1.165) is 31.6 Å². The highest BCUT2D eigenvalue weighted by Crippen LogP contribution is 2.29. The number of aromatic nitrogens is 2. The van der Waals surface area contributed by atoms with Gasteiger partial charge in [-0.15, -0.1) is 0 Å². The van der Waals surface area contributed by atoms with Crippen molar-refractivity contribution in [1.82, 2.24) is 14.9 Å². The summed E-state index contributed by atoms with van der Waals surface area (Å²) in [4.78, 5) is 36.5. The van der Waals surface area contributed by atoms with Crippen molar-refractivity contribution in [2.45, 2.75) is 52.6 Å². The number of amides is 2. The standard InChI is InChI=1S/C18H26N4O3/c1-12-11-22(17(24)25-12)15-10-19-14(9-20-15)13-5-7-21(8-6-13)16(23)18(2,3)4/h9-10,12-13H,5-8,11H2,1-4H3. The molecule has 0 bridgehead atoms. The Labute approximate surface area is 148 Å². The Kier molecular flexibility index (Phi) is 4.67. The molecular weight excluding hydrogens is 320 g/mol. The van der Waals surface area contributed by atoms with Crippen LogP contribution >= 0.6 is 0 Å². The first-order chi connectivity index (χ1) is 11.8. The molecule has 136 valence electrons. The monoisotopic (exact) mass is 346 g/mol. The first-order valence-corrected chi connectivity index (χ1v) is 8.85. The lowest BCUT2D eigenvalue weighted by Crippen LogP contribution is -2.43. The maximum absolute atomic E-state index is 12.4. The minimum Gasteiger partial charge on any atom is -0.444 e. The van der Waals surface area contributed by atoms with Crippen molar-refractivity contribution in [1.29, 1.82) is 0 Å². The molecule has 0 aromatic carbocycles. The second-order valence-electron chi connectivity index (χ2n) is 7.92. The summed E-state index contributed by atoms with van der Waals surface area (Å²) in [6.07, 6.45) is 4.66. The van der Waals surface area contributed by atoms with Crippen LogP contribution in [0.3, 0.4) is 0 Å². The van der Waals surface area contributed by atoms with Gasteiger partial charge in [-0.2, -0.15) is 0 Å². The zero-order chi connectivity index (χ0) is 18.2. The SMILES string of the molecule is CC1CN(c2cnc(C3CCN(C(=O)C(C)(C)C)CC3)cn2)C(=O)O1. The maximum Gasteiger partial charge on any atom is 0.415 e. The number of carbonyl (C=O) groups excluding carboxylic acids is 2. The number of cyclic esters (lactones) is 1. The molecule has 1 unspecified atom stereocenters. The summed E-state index contributed by atoms with van der Waals surface area (Å²) in [5.41, 5.74) is 0.586. The van der Waals surface area contributed by atoms with E-state index in [1.165, 1.54) is 4.90 Å². The summed E-state index contributed by atoms with van der Waals surface area (Å²) in [6.45, 7) is 9.72. The van der Waals surface area contributed by atoms with E-state index >= 15 is 0 Å². The minimum absolute atomic E-state index is 0.126. The molecule has 0 radical (unpaired) electrons. The fraction of sp³-hybridized carbons (Fsp3) is 0.667. The summed E-state index contributed by atoms with van der Waals surface area (Å²) in [5.74, 6) is 1.03. The zero-order valence-electron chi connectivity index (χ0n) is 15.4. The van der Waals surface area contributed by atoms with Crippen molar-refractivity contribution in [3.63, 3.8) is 0 Å². The lowest BCUT2D eigenvalue weighted by atomic mass is 9.90. The Morgan fingerprint density at radius 2 is 1.88 bits per heavy atom. The number of anilines is 1. The molecule has 3 rings (SSSR count). The molecule has 7 heteroatoms. The van der Waals surface area contributed by atoms with E-state index in [-0.39, 0.29) is 23.5 Å². The van der Waals surface area contributed by atoms with Crippen LogP contribution in [-0.4, -0.2) is 52.6 Å². The van der Waals surface area contributed by atoms with Gasteiger partial charge in [-0.05, 0) is 19.8 Å². The third-order valence-electron chi connectivity index (χ3n) is 4.74. The van der Waals surface area contributed by atoms with E-state index < -0.39 is 0 Å². The molecule has 0 N–H and O–H groups in total. The maximum atomic E-state index is 12.4. The molecule has 2 fully saturated rings. The molecule has 2 aliphatic rings. The van der Waals surface area contributed by atoms with Crippen LogP contribution in [0.25, 0.3) is 0 Å². The molecule has 1 aromatic heterocycles. The molecule has 1 aromatic rings. The number of rotatable bonds is 2. The van der Waals surface area contributed by atoms with Gasteiger partial charge >= 0.3 is 6.09 Å². The Hall–Kier alpha value is -2.18. The van der Waals surface area contributed by atoms with E-state index in [1.807, 2.05) is 32.6 Å². The average Bonchev–Trinajstić information content (AvgIpc) is 2.92. The van der Waals surface area contributed by atoms with E-state index in [4.69, 9.17) is 4.74 Å². The average molecular weight is 346 g/mol. The molecule has 7 nitrogen and oxygen atoms in total. The molecular formula is C18H26N4O3. The number of piperidine rings is 1. The van der Waals surface area contributed by atoms with Gasteiger partial charge in [0.1, 0.15) is 6.10 Å². The van der Waals surface area contributed by atoms with Crippen LogP contribution in [0.5, 0.6) is 0 Å². The molecule has 2 amide bonds. The Balaban J connectivity index is 1.61. The van der Waals surface area contributed by atoms with Crippen LogP contribution in [0.15, 0.2) is 12.4 Å². The lowest BCUT2D eigenvalue weighted by Gasteiger charge is -2.35. The zero-order valence-corrected chi connectivity index (χ0v) is 15.4. The van der Waals surface area contributed by atoms with Gasteiger partial charge in [-0.25, -0.2) is 9.78 Å². The predicted octanol–water partition coefficient (Wildman–Crippen LogP) is 2.57. The largest absolute Gasteiger partial charge is 0.444 e. The van der Waals surface area contributed by atoms with Gasteiger partial charge in [-0.3, -0.25) is 14.7 Å². The van der Waals surface area contributed by atoms with Crippen LogP contribution in [0.2, 0.25) is 0 Å². The number of nitrogens with zero attached hydrogens (tertiary/aromatic N) is 4. The van der Waals surface area contributed by atoms with Crippen molar-refractivity contribution < 1.29 is 14.3 Å². The topological polar surface area (TPSA) is 75.6 Å². The van der Waals surface area contributed by atoms with Crippen LogP contribution < -0.4 is 4.90 Å². The summed E-state index contributed by atoms with van der Waals surface area (Å²) in [7, 11) is 0. The van der Waals surface area contributed by atoms with Crippen LogP contribution in [0, 0.1) is 5.41 Å². The first kappa shape index (κ1) is 17.6. The highest BCUT2D eigenvalue weighted by Gasteiger charge is 2.32. The van der Waals surface area contributed by atoms with Crippen LogP contribution in [0.1, 0.15) is 52.1 Å². The third kappa shape index (κ3) is 3.75. The molecule has 2 aliphatic heterocycles.